The molecule has 0 amide bonds. The van der Waals surface area contributed by atoms with Crippen molar-refractivity contribution in [2.75, 3.05) is 19.7 Å². The lowest BCUT2D eigenvalue weighted by Gasteiger charge is -2.49. The molecule has 0 aromatic heterocycles. The number of fused-ring (bicyclic) bond motifs is 1. The van der Waals surface area contributed by atoms with Gasteiger partial charge in [0.25, 0.3) is 5.92 Å². The third-order valence-corrected chi connectivity index (χ3v) is 5.14. The minimum absolute atomic E-state index is 0.0621. The molecule has 21 heavy (non-hydrogen) atoms. The quantitative estimate of drug-likeness (QED) is 0.632. The normalized spacial score (nSPS) is 41.4. The number of nitrogens with zero attached hydrogens (tertiary/aromatic N) is 1. The van der Waals surface area contributed by atoms with Crippen LogP contribution in [0.25, 0.3) is 0 Å². The second kappa shape index (κ2) is 5.02. The molecule has 1 N–H and O–H groups in total. The van der Waals surface area contributed by atoms with Gasteiger partial charge in [-0.15, -0.1) is 0 Å². The van der Waals surface area contributed by atoms with Gasteiger partial charge in [-0.1, -0.05) is 12.7 Å². The number of carbonyl (C=O) groups excluding carboxylic acids is 1. The molecule has 3 rings (SSSR count). The number of alkyl halides is 2. The number of carbonyl (C=O) groups is 1. The lowest BCUT2D eigenvalue weighted by atomic mass is 9.66. The largest absolute Gasteiger partial charge is 0.461 e. The zero-order valence-electron chi connectivity index (χ0n) is 12.3. The van der Waals surface area contributed by atoms with Crippen LogP contribution in [0.5, 0.6) is 0 Å². The maximum atomic E-state index is 14.0. The van der Waals surface area contributed by atoms with Crippen LogP contribution in [-0.2, 0) is 9.53 Å². The summed E-state index contributed by atoms with van der Waals surface area (Å²) in [4.78, 5) is 13.9. The van der Waals surface area contributed by atoms with Crippen molar-refractivity contribution in [1.29, 1.82) is 0 Å². The number of nitrogens with one attached hydrogen (secondary N) is 1. The fraction of sp³-hybridized carbons (Fsp3) is 0.800. The highest BCUT2D eigenvalue weighted by atomic mass is 19.3. The highest BCUT2D eigenvalue weighted by Crippen LogP contribution is 2.48. The van der Waals surface area contributed by atoms with E-state index < -0.39 is 17.4 Å². The van der Waals surface area contributed by atoms with Crippen molar-refractivity contribution in [3.05, 3.63) is 12.7 Å². The number of ether oxygens (including phenoxy) is 1. The second-order valence-corrected chi connectivity index (χ2v) is 6.73. The summed E-state index contributed by atoms with van der Waals surface area (Å²) in [6.07, 6.45) is 3.49. The Morgan fingerprint density at radius 1 is 1.52 bits per heavy atom. The van der Waals surface area contributed by atoms with Crippen molar-refractivity contribution in [3.8, 4) is 0 Å². The lowest BCUT2D eigenvalue weighted by Crippen LogP contribution is -2.58. The predicted molar refractivity (Wildman–Crippen MR) is 74.1 cm³/mol. The van der Waals surface area contributed by atoms with E-state index in [1.54, 1.807) is 0 Å². The van der Waals surface area contributed by atoms with Gasteiger partial charge in [0.1, 0.15) is 6.61 Å². The van der Waals surface area contributed by atoms with Crippen molar-refractivity contribution < 1.29 is 18.3 Å². The first kappa shape index (κ1) is 14.9. The molecule has 0 radical (unpaired) electrons. The Bertz CT molecular complexity index is 449. The van der Waals surface area contributed by atoms with Crippen LogP contribution in [0.15, 0.2) is 12.7 Å². The average molecular weight is 300 g/mol. The summed E-state index contributed by atoms with van der Waals surface area (Å²) in [5.41, 5.74) is -0.535. The highest BCUT2D eigenvalue weighted by Gasteiger charge is 2.60. The summed E-state index contributed by atoms with van der Waals surface area (Å²) >= 11 is 0. The fourth-order valence-corrected chi connectivity index (χ4v) is 4.04. The number of hydrogen-bond acceptors (Lipinski definition) is 4. The third-order valence-electron chi connectivity index (χ3n) is 5.14. The Kier molecular flexibility index (Phi) is 3.56. The number of rotatable bonds is 4. The van der Waals surface area contributed by atoms with Gasteiger partial charge >= 0.3 is 5.97 Å². The van der Waals surface area contributed by atoms with Crippen LogP contribution in [0, 0.1) is 5.41 Å². The monoisotopic (exact) mass is 300 g/mol. The summed E-state index contributed by atoms with van der Waals surface area (Å²) in [5.74, 6) is -2.91. The molecule has 2 atom stereocenters. The Labute approximate surface area is 123 Å². The molecule has 0 bridgehead atoms. The number of hydrogen-bond donors (Lipinski definition) is 1. The summed E-state index contributed by atoms with van der Waals surface area (Å²) in [6.45, 7) is 6.02. The standard InChI is InChI=1S/C15H22F2N2O2/c1-3-6-21-13(20)14(2)7-10(8-14)19-5-4-11-12(19)15(16,17)9-18-11/h3,10-12,18H,1,4-9H2,2H3/t10?,11-,12+,14?/m0/s1. The lowest BCUT2D eigenvalue weighted by molar-refractivity contribution is -0.165. The molecule has 2 aliphatic heterocycles. The Morgan fingerprint density at radius 2 is 2.24 bits per heavy atom. The zero-order valence-corrected chi connectivity index (χ0v) is 12.3. The van der Waals surface area contributed by atoms with Crippen LogP contribution in [0.2, 0.25) is 0 Å². The smallest absolute Gasteiger partial charge is 0.312 e. The van der Waals surface area contributed by atoms with Gasteiger partial charge < -0.3 is 10.1 Å². The molecule has 6 heteroatoms. The number of likely N-dealkylation sites (tertiary alicyclic amines) is 1. The molecular weight excluding hydrogens is 278 g/mol. The molecule has 2 heterocycles. The van der Waals surface area contributed by atoms with E-state index in [2.05, 4.69) is 11.9 Å². The molecule has 0 unspecified atom stereocenters. The summed E-state index contributed by atoms with van der Waals surface area (Å²) < 4.78 is 33.1. The molecule has 1 aliphatic carbocycles. The summed E-state index contributed by atoms with van der Waals surface area (Å²) in [5, 5.41) is 2.92. The van der Waals surface area contributed by atoms with Crippen molar-refractivity contribution in [2.24, 2.45) is 5.41 Å². The molecule has 3 aliphatic rings. The molecule has 0 aromatic rings. The van der Waals surface area contributed by atoms with E-state index in [4.69, 9.17) is 4.74 Å². The molecule has 2 saturated heterocycles. The van der Waals surface area contributed by atoms with Crippen LogP contribution in [0.1, 0.15) is 26.2 Å². The van der Waals surface area contributed by atoms with Crippen LogP contribution >= 0.6 is 0 Å². The van der Waals surface area contributed by atoms with Crippen LogP contribution in [-0.4, -0.2) is 54.6 Å². The van der Waals surface area contributed by atoms with Crippen LogP contribution in [0.3, 0.4) is 0 Å². The first-order chi connectivity index (χ1) is 9.87. The maximum Gasteiger partial charge on any atom is 0.312 e. The third kappa shape index (κ3) is 2.38. The maximum absolute atomic E-state index is 14.0. The fourth-order valence-electron chi connectivity index (χ4n) is 4.04. The van der Waals surface area contributed by atoms with Gasteiger partial charge in [-0.3, -0.25) is 9.69 Å². The Hall–Kier alpha value is -1.01. The zero-order chi connectivity index (χ0) is 15.3. The molecule has 4 nitrogen and oxygen atoms in total. The van der Waals surface area contributed by atoms with Gasteiger partial charge in [0.05, 0.1) is 18.0 Å². The van der Waals surface area contributed by atoms with Crippen molar-refractivity contribution in [2.45, 2.75) is 50.2 Å². The van der Waals surface area contributed by atoms with Gasteiger partial charge in [-0.25, -0.2) is 8.78 Å². The van der Waals surface area contributed by atoms with Gasteiger partial charge in [-0.2, -0.15) is 0 Å². The first-order valence-corrected chi connectivity index (χ1v) is 7.52. The first-order valence-electron chi connectivity index (χ1n) is 7.52. The van der Waals surface area contributed by atoms with Crippen LogP contribution < -0.4 is 5.32 Å². The minimum Gasteiger partial charge on any atom is -0.461 e. The van der Waals surface area contributed by atoms with E-state index in [0.29, 0.717) is 19.4 Å². The highest BCUT2D eigenvalue weighted by molar-refractivity contribution is 5.78. The number of esters is 1. The van der Waals surface area contributed by atoms with E-state index in [1.165, 1.54) is 6.08 Å². The molecule has 3 fully saturated rings. The summed E-state index contributed by atoms with van der Waals surface area (Å²) in [6, 6.07) is -0.761. The molecule has 0 aromatic carbocycles. The number of halogens is 2. The van der Waals surface area contributed by atoms with Gasteiger partial charge in [0.15, 0.2) is 0 Å². The molecule has 0 spiro atoms. The van der Waals surface area contributed by atoms with Gasteiger partial charge in [-0.05, 0) is 26.2 Å². The predicted octanol–water partition coefficient (Wildman–Crippen LogP) is 1.57. The molecular formula is C15H22F2N2O2. The van der Waals surface area contributed by atoms with Gasteiger partial charge in [0.2, 0.25) is 0 Å². The average Bonchev–Trinajstić information content (AvgIpc) is 2.94. The molecule has 1 saturated carbocycles. The van der Waals surface area contributed by atoms with Crippen molar-refractivity contribution in [1.82, 2.24) is 10.2 Å². The minimum atomic E-state index is -2.67. The second-order valence-electron chi connectivity index (χ2n) is 6.73. The van der Waals surface area contributed by atoms with Crippen LogP contribution in [0.4, 0.5) is 8.78 Å². The Balaban J connectivity index is 1.61. The molecule has 118 valence electrons. The van der Waals surface area contributed by atoms with E-state index in [-0.39, 0.29) is 31.2 Å². The van der Waals surface area contributed by atoms with E-state index in [1.807, 2.05) is 11.8 Å². The Morgan fingerprint density at radius 3 is 2.90 bits per heavy atom. The summed E-state index contributed by atoms with van der Waals surface area (Å²) in [7, 11) is 0. The topological polar surface area (TPSA) is 41.6 Å². The SMILES string of the molecule is C=CCOC(=O)C1(C)CC(N2CC[C@@H]3NCC(F)(F)[C@@H]32)C1. The van der Waals surface area contributed by atoms with Crippen molar-refractivity contribution in [3.63, 3.8) is 0 Å². The van der Waals surface area contributed by atoms with E-state index >= 15 is 0 Å². The van der Waals surface area contributed by atoms with E-state index in [9.17, 15) is 13.6 Å². The van der Waals surface area contributed by atoms with Crippen molar-refractivity contribution >= 4 is 5.97 Å². The van der Waals surface area contributed by atoms with E-state index in [0.717, 1.165) is 6.42 Å². The van der Waals surface area contributed by atoms with Gasteiger partial charge in [0, 0.05) is 18.6 Å².